The van der Waals surface area contributed by atoms with Gasteiger partial charge in [0.05, 0.1) is 6.54 Å². The van der Waals surface area contributed by atoms with Crippen LogP contribution in [0.15, 0.2) is 16.4 Å². The molecule has 0 bridgehead atoms. The van der Waals surface area contributed by atoms with Crippen LogP contribution in [0.4, 0.5) is 0 Å². The lowest BCUT2D eigenvalue weighted by Gasteiger charge is -2.21. The Morgan fingerprint density at radius 3 is 3.21 bits per heavy atom. The van der Waals surface area contributed by atoms with E-state index >= 15 is 0 Å². The van der Waals surface area contributed by atoms with Crippen molar-refractivity contribution in [2.24, 2.45) is 10.7 Å². The lowest BCUT2D eigenvalue weighted by atomic mass is 9.98. The third-order valence-electron chi connectivity index (χ3n) is 2.55. The quantitative estimate of drug-likeness (QED) is 0.771. The first-order valence-electron chi connectivity index (χ1n) is 4.91. The smallest absolute Gasteiger partial charge is 0.188 e. The van der Waals surface area contributed by atoms with E-state index in [0.29, 0.717) is 11.9 Å². The average molecular weight is 209 g/mol. The van der Waals surface area contributed by atoms with Crippen LogP contribution < -0.4 is 11.1 Å². The lowest BCUT2D eigenvalue weighted by Crippen LogP contribution is -2.39. The fourth-order valence-corrected chi connectivity index (χ4v) is 2.68. The predicted octanol–water partition coefficient (Wildman–Crippen LogP) is 1.31. The Morgan fingerprint density at radius 2 is 2.57 bits per heavy atom. The number of aliphatic imine (C=N–C) groups is 1. The van der Waals surface area contributed by atoms with E-state index in [1.54, 1.807) is 0 Å². The molecule has 1 aromatic rings. The van der Waals surface area contributed by atoms with Gasteiger partial charge in [-0.05, 0) is 23.4 Å². The van der Waals surface area contributed by atoms with E-state index in [4.69, 9.17) is 5.73 Å². The number of nitrogens with zero attached hydrogens (tertiary/aromatic N) is 1. The average Bonchev–Trinajstić information content (AvgIpc) is 2.67. The maximum Gasteiger partial charge on any atom is 0.188 e. The first-order valence-corrected chi connectivity index (χ1v) is 5.79. The molecular formula is C10H15N3S. The highest BCUT2D eigenvalue weighted by molar-refractivity contribution is 7.10. The Kier molecular flexibility index (Phi) is 2.72. The van der Waals surface area contributed by atoms with Gasteiger partial charge in [0.25, 0.3) is 0 Å². The third-order valence-corrected chi connectivity index (χ3v) is 3.63. The molecule has 0 saturated heterocycles. The van der Waals surface area contributed by atoms with Crippen LogP contribution in [0, 0.1) is 0 Å². The summed E-state index contributed by atoms with van der Waals surface area (Å²) < 4.78 is 0. The fourth-order valence-electron chi connectivity index (χ4n) is 1.77. The Balaban J connectivity index is 2.16. The molecule has 0 amide bonds. The number of guanidine groups is 1. The van der Waals surface area contributed by atoms with Crippen LogP contribution in [0.3, 0.4) is 0 Å². The zero-order valence-electron chi connectivity index (χ0n) is 8.29. The van der Waals surface area contributed by atoms with E-state index in [-0.39, 0.29) is 0 Å². The van der Waals surface area contributed by atoms with E-state index < -0.39 is 0 Å². The monoisotopic (exact) mass is 209 g/mol. The standard InChI is InChI=1S/C10H15N3S/c1-2-9-8(3-4-14-9)7-5-12-10(11)13-6-7/h3-4,7H,2,5-6H2,1H3,(H3,11,12,13). The molecule has 1 aliphatic rings. The third kappa shape index (κ3) is 1.75. The molecule has 1 atom stereocenters. The molecule has 1 unspecified atom stereocenters. The number of aryl methyl sites for hydroxylation is 1. The summed E-state index contributed by atoms with van der Waals surface area (Å²) in [7, 11) is 0. The molecule has 14 heavy (non-hydrogen) atoms. The first-order chi connectivity index (χ1) is 6.81. The second-order valence-electron chi connectivity index (χ2n) is 3.46. The van der Waals surface area contributed by atoms with Crippen LogP contribution in [0.2, 0.25) is 0 Å². The molecule has 1 aliphatic heterocycles. The highest BCUT2D eigenvalue weighted by Gasteiger charge is 2.18. The summed E-state index contributed by atoms with van der Waals surface area (Å²) in [5.74, 6) is 1.08. The summed E-state index contributed by atoms with van der Waals surface area (Å²) in [4.78, 5) is 5.71. The number of nitrogens with one attached hydrogen (secondary N) is 1. The summed E-state index contributed by atoms with van der Waals surface area (Å²) in [6.45, 7) is 3.94. The zero-order chi connectivity index (χ0) is 9.97. The van der Waals surface area contributed by atoms with Crippen molar-refractivity contribution in [1.82, 2.24) is 5.32 Å². The molecule has 0 spiro atoms. The molecule has 2 heterocycles. The van der Waals surface area contributed by atoms with Gasteiger partial charge in [0, 0.05) is 17.3 Å². The van der Waals surface area contributed by atoms with Crippen LogP contribution in [-0.4, -0.2) is 19.0 Å². The van der Waals surface area contributed by atoms with Crippen molar-refractivity contribution in [1.29, 1.82) is 0 Å². The maximum absolute atomic E-state index is 5.56. The van der Waals surface area contributed by atoms with Gasteiger partial charge < -0.3 is 11.1 Å². The van der Waals surface area contributed by atoms with Gasteiger partial charge in [-0.2, -0.15) is 0 Å². The van der Waals surface area contributed by atoms with Crippen molar-refractivity contribution in [2.45, 2.75) is 19.3 Å². The number of hydrogen-bond acceptors (Lipinski definition) is 4. The molecule has 0 saturated carbocycles. The molecule has 1 aromatic heterocycles. The summed E-state index contributed by atoms with van der Waals surface area (Å²) in [5, 5.41) is 5.27. The van der Waals surface area contributed by atoms with E-state index in [9.17, 15) is 0 Å². The van der Waals surface area contributed by atoms with Crippen molar-refractivity contribution in [3.63, 3.8) is 0 Å². The minimum absolute atomic E-state index is 0.503. The summed E-state index contributed by atoms with van der Waals surface area (Å²) in [5.41, 5.74) is 7.01. The Labute approximate surface area is 88.0 Å². The van der Waals surface area contributed by atoms with Crippen molar-refractivity contribution >= 4 is 17.3 Å². The molecule has 3 N–H and O–H groups in total. The first kappa shape index (κ1) is 9.52. The van der Waals surface area contributed by atoms with Gasteiger partial charge in [-0.3, -0.25) is 4.99 Å². The highest BCUT2D eigenvalue weighted by Crippen LogP contribution is 2.26. The summed E-state index contributed by atoms with van der Waals surface area (Å²) in [6, 6.07) is 2.22. The van der Waals surface area contributed by atoms with Gasteiger partial charge >= 0.3 is 0 Å². The van der Waals surface area contributed by atoms with E-state index in [2.05, 4.69) is 28.7 Å². The van der Waals surface area contributed by atoms with E-state index in [0.717, 1.165) is 19.5 Å². The molecule has 2 rings (SSSR count). The lowest BCUT2D eigenvalue weighted by molar-refractivity contribution is 0.632. The van der Waals surface area contributed by atoms with Crippen molar-refractivity contribution in [2.75, 3.05) is 13.1 Å². The van der Waals surface area contributed by atoms with Gasteiger partial charge in [0.15, 0.2) is 5.96 Å². The Morgan fingerprint density at radius 1 is 1.71 bits per heavy atom. The molecule has 76 valence electrons. The summed E-state index contributed by atoms with van der Waals surface area (Å²) in [6.07, 6.45) is 1.11. The second-order valence-corrected chi connectivity index (χ2v) is 4.46. The summed E-state index contributed by atoms with van der Waals surface area (Å²) >= 11 is 1.84. The second kappa shape index (κ2) is 4.00. The van der Waals surface area contributed by atoms with Crippen LogP contribution in [0.25, 0.3) is 0 Å². The number of hydrogen-bond donors (Lipinski definition) is 2. The fraction of sp³-hybridized carbons (Fsp3) is 0.500. The molecule has 3 nitrogen and oxygen atoms in total. The SMILES string of the molecule is CCc1sccc1C1CN=C(N)NC1. The van der Waals surface area contributed by atoms with Crippen LogP contribution in [0.1, 0.15) is 23.3 Å². The van der Waals surface area contributed by atoms with Gasteiger partial charge in [-0.25, -0.2) is 0 Å². The molecular weight excluding hydrogens is 194 g/mol. The van der Waals surface area contributed by atoms with Crippen molar-refractivity contribution in [3.8, 4) is 0 Å². The number of rotatable bonds is 2. The largest absolute Gasteiger partial charge is 0.370 e. The van der Waals surface area contributed by atoms with Crippen molar-refractivity contribution < 1.29 is 0 Å². The van der Waals surface area contributed by atoms with Crippen molar-refractivity contribution in [3.05, 3.63) is 21.9 Å². The topological polar surface area (TPSA) is 50.4 Å². The van der Waals surface area contributed by atoms with Gasteiger partial charge in [-0.15, -0.1) is 11.3 Å². The Bertz CT molecular complexity index is 343. The number of thiophene rings is 1. The van der Waals surface area contributed by atoms with Gasteiger partial charge in [0.1, 0.15) is 0 Å². The predicted molar refractivity (Wildman–Crippen MR) is 60.9 cm³/mol. The minimum atomic E-state index is 0.503. The molecule has 0 aliphatic carbocycles. The van der Waals surface area contributed by atoms with Crippen LogP contribution in [0.5, 0.6) is 0 Å². The zero-order valence-corrected chi connectivity index (χ0v) is 9.10. The molecule has 0 aromatic carbocycles. The van der Waals surface area contributed by atoms with E-state index in [1.165, 1.54) is 10.4 Å². The highest BCUT2D eigenvalue weighted by atomic mass is 32.1. The van der Waals surface area contributed by atoms with Gasteiger partial charge in [-0.1, -0.05) is 6.92 Å². The van der Waals surface area contributed by atoms with Crippen LogP contribution >= 0.6 is 11.3 Å². The molecule has 0 fully saturated rings. The minimum Gasteiger partial charge on any atom is -0.370 e. The molecule has 0 radical (unpaired) electrons. The van der Waals surface area contributed by atoms with Gasteiger partial charge in [0.2, 0.25) is 0 Å². The van der Waals surface area contributed by atoms with Crippen LogP contribution in [-0.2, 0) is 6.42 Å². The maximum atomic E-state index is 5.56. The molecule has 4 heteroatoms. The normalized spacial score (nSPS) is 21.5. The number of nitrogens with two attached hydrogens (primary N) is 1. The Hall–Kier alpha value is -1.03. The van der Waals surface area contributed by atoms with E-state index in [1.807, 2.05) is 11.3 Å².